The Morgan fingerprint density at radius 2 is 1.41 bits per heavy atom. The molecule has 0 aliphatic carbocycles. The largest absolute Gasteiger partial charge is 0.545 e. The molecule has 86 valence electrons. The maximum atomic E-state index is 10.6. The molecule has 2 rings (SSSR count). The molecular weight excluding hydrogens is 284 g/mol. The zero-order valence-electron chi connectivity index (χ0n) is 8.72. The summed E-state index contributed by atoms with van der Waals surface area (Å²) >= 11 is 3.33. The smallest absolute Gasteiger partial charge is 0.127 e. The third-order valence-corrected chi connectivity index (χ3v) is 2.67. The number of ether oxygens (including phenoxy) is 1. The first kappa shape index (κ1) is 11.7. The Hall–Kier alpha value is -1.81. The molecule has 2 aromatic rings. The van der Waals surface area contributed by atoms with Gasteiger partial charge in [-0.15, -0.1) is 0 Å². The quantitative estimate of drug-likeness (QED) is 0.873. The summed E-state index contributed by atoms with van der Waals surface area (Å²) in [5.74, 6) is 0.0758. The van der Waals surface area contributed by atoms with E-state index in [1.54, 1.807) is 12.1 Å². The van der Waals surface area contributed by atoms with E-state index in [1.165, 1.54) is 12.1 Å². The van der Waals surface area contributed by atoms with Crippen LogP contribution in [-0.4, -0.2) is 5.97 Å². The zero-order chi connectivity index (χ0) is 12.3. The lowest BCUT2D eigenvalue weighted by molar-refractivity contribution is -0.255. The molecule has 0 N–H and O–H groups in total. The van der Waals surface area contributed by atoms with Crippen molar-refractivity contribution in [3.05, 3.63) is 58.6 Å². The fourth-order valence-electron chi connectivity index (χ4n) is 1.30. The van der Waals surface area contributed by atoms with Crippen molar-refractivity contribution in [1.29, 1.82) is 0 Å². The summed E-state index contributed by atoms with van der Waals surface area (Å²) < 4.78 is 6.50. The predicted molar refractivity (Wildman–Crippen MR) is 65.0 cm³/mol. The molecule has 0 radical (unpaired) electrons. The number of benzene rings is 2. The number of aromatic carboxylic acids is 1. The van der Waals surface area contributed by atoms with Crippen LogP contribution in [0.2, 0.25) is 0 Å². The highest BCUT2D eigenvalue weighted by Crippen LogP contribution is 2.23. The molecule has 0 amide bonds. The number of hydrogen-bond donors (Lipinski definition) is 0. The molecule has 0 heterocycles. The second kappa shape index (κ2) is 5.01. The highest BCUT2D eigenvalue weighted by atomic mass is 79.9. The second-order valence-corrected chi connectivity index (χ2v) is 4.28. The maximum Gasteiger partial charge on any atom is 0.127 e. The van der Waals surface area contributed by atoms with Gasteiger partial charge in [-0.3, -0.25) is 0 Å². The lowest BCUT2D eigenvalue weighted by atomic mass is 10.2. The molecule has 4 heteroatoms. The lowest BCUT2D eigenvalue weighted by Gasteiger charge is -2.07. The predicted octanol–water partition coefficient (Wildman–Crippen LogP) is 2.60. The summed E-state index contributed by atoms with van der Waals surface area (Å²) in [6.07, 6.45) is 0. The highest BCUT2D eigenvalue weighted by Gasteiger charge is 1.98. The zero-order valence-corrected chi connectivity index (χ0v) is 10.3. The van der Waals surface area contributed by atoms with Gasteiger partial charge in [-0.2, -0.15) is 0 Å². The van der Waals surface area contributed by atoms with Gasteiger partial charge in [0.1, 0.15) is 11.5 Å². The van der Waals surface area contributed by atoms with Crippen molar-refractivity contribution in [3.63, 3.8) is 0 Å². The first-order valence-corrected chi connectivity index (χ1v) is 5.69. The van der Waals surface area contributed by atoms with Gasteiger partial charge >= 0.3 is 0 Å². The minimum atomic E-state index is -1.19. The molecule has 3 nitrogen and oxygen atoms in total. The molecule has 0 aliphatic heterocycles. The van der Waals surface area contributed by atoms with Crippen LogP contribution in [0.1, 0.15) is 10.4 Å². The Bertz CT molecular complexity index is 517. The molecule has 2 aromatic carbocycles. The van der Waals surface area contributed by atoms with Crippen molar-refractivity contribution < 1.29 is 14.6 Å². The molecule has 0 saturated heterocycles. The van der Waals surface area contributed by atoms with Crippen molar-refractivity contribution in [1.82, 2.24) is 0 Å². The van der Waals surface area contributed by atoms with Crippen molar-refractivity contribution in [3.8, 4) is 11.5 Å². The first-order chi connectivity index (χ1) is 8.15. The Morgan fingerprint density at radius 3 is 1.88 bits per heavy atom. The Balaban J connectivity index is 2.13. The van der Waals surface area contributed by atoms with Crippen LogP contribution in [0.15, 0.2) is 53.0 Å². The van der Waals surface area contributed by atoms with Crippen LogP contribution in [0.25, 0.3) is 0 Å². The minimum Gasteiger partial charge on any atom is -0.545 e. The van der Waals surface area contributed by atoms with E-state index in [4.69, 9.17) is 4.74 Å². The number of carboxylic acid groups (broad SMARTS) is 1. The Morgan fingerprint density at radius 1 is 0.941 bits per heavy atom. The monoisotopic (exact) mass is 291 g/mol. The lowest BCUT2D eigenvalue weighted by Crippen LogP contribution is -2.21. The topological polar surface area (TPSA) is 49.4 Å². The summed E-state index contributed by atoms with van der Waals surface area (Å²) in [4.78, 5) is 10.6. The van der Waals surface area contributed by atoms with Crippen LogP contribution in [0.3, 0.4) is 0 Å². The third kappa shape index (κ3) is 3.07. The van der Waals surface area contributed by atoms with E-state index in [2.05, 4.69) is 15.9 Å². The molecule has 0 aliphatic rings. The minimum absolute atomic E-state index is 0.133. The second-order valence-electron chi connectivity index (χ2n) is 3.37. The number of rotatable bonds is 3. The summed E-state index contributed by atoms with van der Waals surface area (Å²) in [6, 6.07) is 13.4. The van der Waals surface area contributed by atoms with Crippen LogP contribution < -0.4 is 9.84 Å². The number of hydrogen-bond acceptors (Lipinski definition) is 3. The molecular formula is C13H8BrO3-. The molecule has 0 bridgehead atoms. The van der Waals surface area contributed by atoms with E-state index in [-0.39, 0.29) is 5.56 Å². The average Bonchev–Trinajstić information content (AvgIpc) is 2.33. The van der Waals surface area contributed by atoms with Crippen molar-refractivity contribution >= 4 is 21.9 Å². The van der Waals surface area contributed by atoms with E-state index in [9.17, 15) is 9.90 Å². The molecule has 17 heavy (non-hydrogen) atoms. The van der Waals surface area contributed by atoms with Gasteiger partial charge in [0.2, 0.25) is 0 Å². The summed E-state index contributed by atoms with van der Waals surface area (Å²) in [6.45, 7) is 0. The fourth-order valence-corrected chi connectivity index (χ4v) is 1.56. The standard InChI is InChI=1S/C13H9BrO3/c14-10-3-7-12(8-4-10)17-11-5-1-9(2-6-11)13(15)16/h1-8H,(H,15,16)/p-1. The maximum absolute atomic E-state index is 10.6. The molecule has 0 aromatic heterocycles. The van der Waals surface area contributed by atoms with Crippen LogP contribution in [0, 0.1) is 0 Å². The van der Waals surface area contributed by atoms with Crippen LogP contribution in [-0.2, 0) is 0 Å². The molecule has 0 saturated carbocycles. The third-order valence-electron chi connectivity index (χ3n) is 2.14. The summed E-state index contributed by atoms with van der Waals surface area (Å²) in [7, 11) is 0. The summed E-state index contributed by atoms with van der Waals surface area (Å²) in [5, 5.41) is 10.6. The highest BCUT2D eigenvalue weighted by molar-refractivity contribution is 9.10. The van der Waals surface area contributed by atoms with E-state index < -0.39 is 5.97 Å². The number of halogens is 1. The number of carboxylic acids is 1. The van der Waals surface area contributed by atoms with E-state index >= 15 is 0 Å². The van der Waals surface area contributed by atoms with Gasteiger partial charge in [0.05, 0.1) is 5.97 Å². The first-order valence-electron chi connectivity index (χ1n) is 4.90. The van der Waals surface area contributed by atoms with E-state index in [0.717, 1.165) is 4.47 Å². The summed E-state index contributed by atoms with van der Waals surface area (Å²) in [5.41, 5.74) is 0.133. The van der Waals surface area contributed by atoms with Crippen molar-refractivity contribution in [2.24, 2.45) is 0 Å². The molecule has 0 spiro atoms. The van der Waals surface area contributed by atoms with Crippen LogP contribution >= 0.6 is 15.9 Å². The normalized spacial score (nSPS) is 9.94. The van der Waals surface area contributed by atoms with Crippen molar-refractivity contribution in [2.45, 2.75) is 0 Å². The van der Waals surface area contributed by atoms with Gasteiger partial charge in [-0.25, -0.2) is 0 Å². The van der Waals surface area contributed by atoms with Gasteiger partial charge in [0.15, 0.2) is 0 Å². The van der Waals surface area contributed by atoms with Gasteiger partial charge in [0, 0.05) is 4.47 Å². The Labute approximate surface area is 107 Å². The van der Waals surface area contributed by atoms with E-state index in [0.29, 0.717) is 11.5 Å². The van der Waals surface area contributed by atoms with Gasteiger partial charge in [-0.05, 0) is 54.1 Å². The van der Waals surface area contributed by atoms with Crippen LogP contribution in [0.4, 0.5) is 0 Å². The number of carbonyl (C=O) groups is 1. The van der Waals surface area contributed by atoms with Gasteiger partial charge in [0.25, 0.3) is 0 Å². The van der Waals surface area contributed by atoms with Gasteiger partial charge in [-0.1, -0.05) is 15.9 Å². The number of carbonyl (C=O) groups excluding carboxylic acids is 1. The van der Waals surface area contributed by atoms with Crippen LogP contribution in [0.5, 0.6) is 11.5 Å². The molecule has 0 unspecified atom stereocenters. The average molecular weight is 292 g/mol. The molecule has 0 fully saturated rings. The SMILES string of the molecule is O=C([O-])c1ccc(Oc2ccc(Br)cc2)cc1. The Kier molecular flexibility index (Phi) is 3.44. The van der Waals surface area contributed by atoms with Crippen molar-refractivity contribution in [2.75, 3.05) is 0 Å². The molecule has 0 atom stereocenters. The fraction of sp³-hybridized carbons (Fsp3) is 0. The van der Waals surface area contributed by atoms with Gasteiger partial charge < -0.3 is 14.6 Å². The van der Waals surface area contributed by atoms with E-state index in [1.807, 2.05) is 24.3 Å².